The minimum Gasteiger partial charge on any atom is -0.456 e. The van der Waals surface area contributed by atoms with Crippen LogP contribution in [0.3, 0.4) is 0 Å². The molecular formula is C62H38N2O3S2. The summed E-state index contributed by atoms with van der Waals surface area (Å²) in [6, 6.07) is 70.0. The van der Waals surface area contributed by atoms with E-state index < -0.39 is 0 Å². The molecule has 0 spiro atoms. The van der Waals surface area contributed by atoms with Gasteiger partial charge in [0.25, 0.3) is 0 Å². The molecule has 0 saturated heterocycles. The Hall–Kier alpha value is -8.36. The zero-order chi connectivity index (χ0) is 45.5. The number of benzene rings is 10. The number of para-hydroxylation sites is 2. The highest BCUT2D eigenvalue weighted by molar-refractivity contribution is 7.26. The summed E-state index contributed by atoms with van der Waals surface area (Å²) in [5, 5.41) is 11.6. The summed E-state index contributed by atoms with van der Waals surface area (Å²) in [5.41, 5.74) is 14.4. The largest absolute Gasteiger partial charge is 0.456 e. The van der Waals surface area contributed by atoms with Gasteiger partial charge in [0.15, 0.2) is 0 Å². The molecule has 0 aliphatic rings. The third-order valence-electron chi connectivity index (χ3n) is 13.9. The van der Waals surface area contributed by atoms with Crippen LogP contribution >= 0.6 is 22.7 Å². The van der Waals surface area contributed by atoms with Gasteiger partial charge in [0, 0.05) is 107 Å². The Balaban J connectivity index is 0.833. The fraction of sp³-hybridized carbons (Fsp3) is 0.0323. The first-order chi connectivity index (χ1) is 33.9. The Morgan fingerprint density at radius 3 is 1.12 bits per heavy atom. The van der Waals surface area contributed by atoms with Gasteiger partial charge in [-0.3, -0.25) is 0 Å². The van der Waals surface area contributed by atoms with Crippen molar-refractivity contribution < 1.29 is 13.3 Å². The molecule has 0 unspecified atom stereocenters. The fourth-order valence-corrected chi connectivity index (χ4v) is 13.0. The van der Waals surface area contributed by atoms with Crippen LogP contribution in [0, 0.1) is 13.8 Å². The summed E-state index contributed by atoms with van der Waals surface area (Å²) in [4.78, 5) is 4.72. The van der Waals surface area contributed by atoms with Gasteiger partial charge >= 0.3 is 0 Å². The average molecular weight is 923 g/mol. The van der Waals surface area contributed by atoms with Crippen LogP contribution in [0.25, 0.3) is 106 Å². The number of furan rings is 3. The Morgan fingerprint density at radius 2 is 0.638 bits per heavy atom. The predicted octanol–water partition coefficient (Wildman–Crippen LogP) is 19.7. The van der Waals surface area contributed by atoms with Crippen molar-refractivity contribution >= 4 is 163 Å². The van der Waals surface area contributed by atoms with Crippen molar-refractivity contribution in [2.45, 2.75) is 13.8 Å². The lowest BCUT2D eigenvalue weighted by Gasteiger charge is -2.26. The molecule has 0 radical (unpaired) electrons. The van der Waals surface area contributed by atoms with Crippen molar-refractivity contribution in [1.82, 2.24) is 0 Å². The van der Waals surface area contributed by atoms with E-state index in [1.807, 2.05) is 46.9 Å². The molecule has 0 atom stereocenters. The second kappa shape index (κ2) is 14.6. The second-order valence-corrected chi connectivity index (χ2v) is 20.4. The van der Waals surface area contributed by atoms with Crippen LogP contribution in [0.1, 0.15) is 11.1 Å². The quantitative estimate of drug-likeness (QED) is 0.166. The summed E-state index contributed by atoms with van der Waals surface area (Å²) < 4.78 is 24.2. The van der Waals surface area contributed by atoms with Crippen LogP contribution in [-0.4, -0.2) is 0 Å². The van der Waals surface area contributed by atoms with Crippen LogP contribution in [-0.2, 0) is 0 Å². The fourth-order valence-electron chi connectivity index (χ4n) is 10.7. The molecule has 0 amide bonds. The Bertz CT molecular complexity index is 4330. The van der Waals surface area contributed by atoms with E-state index in [1.165, 1.54) is 51.5 Å². The van der Waals surface area contributed by atoms with Gasteiger partial charge in [-0.1, -0.05) is 72.8 Å². The van der Waals surface area contributed by atoms with Crippen LogP contribution in [0.5, 0.6) is 0 Å². The van der Waals surface area contributed by atoms with Crippen molar-refractivity contribution in [1.29, 1.82) is 0 Å². The predicted molar refractivity (Wildman–Crippen MR) is 293 cm³/mol. The number of hydrogen-bond acceptors (Lipinski definition) is 7. The number of fused-ring (bicyclic) bond motifs is 15. The third-order valence-corrected chi connectivity index (χ3v) is 16.1. The number of hydrogen-bond donors (Lipinski definition) is 0. The van der Waals surface area contributed by atoms with Gasteiger partial charge in [-0.2, -0.15) is 0 Å². The van der Waals surface area contributed by atoms with Crippen molar-refractivity contribution in [2.24, 2.45) is 0 Å². The van der Waals surface area contributed by atoms with Gasteiger partial charge in [0.05, 0.1) is 0 Å². The Labute approximate surface area is 402 Å². The van der Waals surface area contributed by atoms with E-state index in [9.17, 15) is 0 Å². The van der Waals surface area contributed by atoms with Gasteiger partial charge in [0.1, 0.15) is 33.5 Å². The van der Waals surface area contributed by atoms with Crippen LogP contribution in [0.2, 0.25) is 0 Å². The molecule has 5 aromatic heterocycles. The van der Waals surface area contributed by atoms with E-state index in [0.29, 0.717) is 0 Å². The topological polar surface area (TPSA) is 45.9 Å². The SMILES string of the molecule is Cc1cccc(N(c2ccc3c(c2)sc2cc4c(cc23)oc2cc3c(cc24)sc2cc(N(c4cccc(C)c4)c4ccc5oc6ccccc6c5c4)ccc23)c2ccc3oc4ccccc4c3c2)c1. The van der Waals surface area contributed by atoms with E-state index in [2.05, 4.69) is 194 Å². The van der Waals surface area contributed by atoms with E-state index in [0.717, 1.165) is 99.9 Å². The summed E-state index contributed by atoms with van der Waals surface area (Å²) in [7, 11) is 0. The van der Waals surface area contributed by atoms with Gasteiger partial charge < -0.3 is 23.1 Å². The smallest absolute Gasteiger partial charge is 0.136 e. The first kappa shape index (κ1) is 38.7. The first-order valence-electron chi connectivity index (χ1n) is 23.2. The van der Waals surface area contributed by atoms with Crippen molar-refractivity contribution in [3.05, 3.63) is 205 Å². The highest BCUT2D eigenvalue weighted by atomic mass is 32.1. The van der Waals surface area contributed by atoms with Crippen molar-refractivity contribution in [2.75, 3.05) is 9.80 Å². The molecule has 15 aromatic rings. The Kier molecular flexibility index (Phi) is 8.18. The van der Waals surface area contributed by atoms with E-state index >= 15 is 0 Å². The molecule has 0 aliphatic heterocycles. The van der Waals surface area contributed by atoms with Gasteiger partial charge in [-0.25, -0.2) is 0 Å². The number of thiophene rings is 2. The van der Waals surface area contributed by atoms with Crippen LogP contribution in [0.15, 0.2) is 207 Å². The molecule has 5 nitrogen and oxygen atoms in total. The molecule has 5 heterocycles. The van der Waals surface area contributed by atoms with Crippen LogP contribution in [0.4, 0.5) is 34.1 Å². The van der Waals surface area contributed by atoms with E-state index in [1.54, 1.807) is 0 Å². The first-order valence-corrected chi connectivity index (χ1v) is 24.8. The zero-order valence-corrected chi connectivity index (χ0v) is 39.0. The normalized spacial score (nSPS) is 12.2. The Morgan fingerprint density at radius 1 is 0.261 bits per heavy atom. The molecule has 0 N–H and O–H groups in total. The zero-order valence-electron chi connectivity index (χ0n) is 37.4. The number of aryl methyl sites for hydroxylation is 2. The molecule has 0 bridgehead atoms. The van der Waals surface area contributed by atoms with Gasteiger partial charge in [-0.15, -0.1) is 22.7 Å². The second-order valence-electron chi connectivity index (χ2n) is 18.3. The van der Waals surface area contributed by atoms with Gasteiger partial charge in [0.2, 0.25) is 0 Å². The third kappa shape index (κ3) is 6.01. The van der Waals surface area contributed by atoms with Crippen LogP contribution < -0.4 is 9.80 Å². The number of rotatable bonds is 6. The van der Waals surface area contributed by atoms with E-state index in [-0.39, 0.29) is 0 Å². The molecule has 7 heteroatoms. The van der Waals surface area contributed by atoms with Crippen molar-refractivity contribution in [3.8, 4) is 0 Å². The molecule has 326 valence electrons. The standard InChI is InChI=1S/C62H38N2O3S2/c1-35-9-7-11-37(25-35)63(39-19-23-55-47(27-39)43-13-3-5-15-53(43)65-55)41-17-21-45-51-31-57-49(33-61(51)68-59(45)29-41)50-34-62-52(32-58(50)67-57)46-22-18-42(30-60(46)69-62)64(38-12-8-10-36(2)26-38)40-20-24-56-48(28-40)44-14-4-6-16-54(44)66-56/h3-34H,1-2H3. The lowest BCUT2D eigenvalue weighted by Crippen LogP contribution is -2.09. The molecule has 15 rings (SSSR count). The summed E-state index contributed by atoms with van der Waals surface area (Å²) in [6.45, 7) is 4.30. The maximum atomic E-state index is 6.78. The average Bonchev–Trinajstić information content (AvgIpc) is 4.18. The summed E-state index contributed by atoms with van der Waals surface area (Å²) in [5.74, 6) is 0. The molecule has 10 aromatic carbocycles. The van der Waals surface area contributed by atoms with Crippen molar-refractivity contribution in [3.63, 3.8) is 0 Å². The lowest BCUT2D eigenvalue weighted by molar-refractivity contribution is 0.668. The maximum absolute atomic E-state index is 6.78. The minimum atomic E-state index is 0.887. The summed E-state index contributed by atoms with van der Waals surface area (Å²) >= 11 is 3.68. The lowest BCUT2D eigenvalue weighted by atomic mass is 10.1. The highest BCUT2D eigenvalue weighted by Gasteiger charge is 2.21. The molecule has 0 aliphatic carbocycles. The highest BCUT2D eigenvalue weighted by Crippen LogP contribution is 2.47. The molecule has 0 fully saturated rings. The summed E-state index contributed by atoms with van der Waals surface area (Å²) in [6.07, 6.45) is 0. The number of nitrogens with zero attached hydrogens (tertiary/aromatic N) is 2. The molecular weight excluding hydrogens is 885 g/mol. The monoisotopic (exact) mass is 922 g/mol. The minimum absolute atomic E-state index is 0.887. The van der Waals surface area contributed by atoms with Gasteiger partial charge in [-0.05, 0) is 146 Å². The molecule has 0 saturated carbocycles. The van der Waals surface area contributed by atoms with E-state index in [4.69, 9.17) is 13.3 Å². The maximum Gasteiger partial charge on any atom is 0.136 e. The molecule has 69 heavy (non-hydrogen) atoms. The number of anilines is 6.